The molecule has 0 unspecified atom stereocenters. The number of ether oxygens (including phenoxy) is 1. The smallest absolute Gasteiger partial charge is 0.333 e. The van der Waals surface area contributed by atoms with Crippen LogP contribution in [0.5, 0.6) is 0 Å². The number of amides is 3. The molecule has 0 aromatic rings. The maximum absolute atomic E-state index is 10.9. The zero-order valence-corrected chi connectivity index (χ0v) is 9.60. The lowest BCUT2D eigenvalue weighted by Crippen LogP contribution is -2.41. The van der Waals surface area contributed by atoms with Gasteiger partial charge in [-0.3, -0.25) is 10.1 Å². The van der Waals surface area contributed by atoms with Gasteiger partial charge in [0, 0.05) is 5.57 Å². The third-order valence-corrected chi connectivity index (χ3v) is 1.59. The van der Waals surface area contributed by atoms with Crippen LogP contribution < -0.4 is 10.6 Å². The normalized spacial score (nSPS) is 9.12. The van der Waals surface area contributed by atoms with Gasteiger partial charge in [-0.25, -0.2) is 9.59 Å². The van der Waals surface area contributed by atoms with Gasteiger partial charge in [-0.15, -0.1) is 11.6 Å². The van der Waals surface area contributed by atoms with Crippen LogP contribution in [0.25, 0.3) is 0 Å². The fourth-order valence-electron chi connectivity index (χ4n) is 0.636. The van der Waals surface area contributed by atoms with Crippen molar-refractivity contribution in [2.24, 2.45) is 0 Å². The summed E-state index contributed by atoms with van der Waals surface area (Å²) in [5, 5.41) is 4.27. The molecule has 0 rings (SSSR count). The Morgan fingerprint density at radius 2 is 2.00 bits per heavy atom. The van der Waals surface area contributed by atoms with Gasteiger partial charge in [0.05, 0.1) is 6.54 Å². The summed E-state index contributed by atoms with van der Waals surface area (Å²) in [5.41, 5.74) is 0.279. The van der Waals surface area contributed by atoms with E-state index in [1.54, 1.807) is 0 Å². The van der Waals surface area contributed by atoms with Crippen LogP contribution in [0.2, 0.25) is 0 Å². The van der Waals surface area contributed by atoms with E-state index in [1.807, 2.05) is 5.32 Å². The number of nitrogens with one attached hydrogen (secondary N) is 2. The first-order valence-electron chi connectivity index (χ1n) is 4.43. The molecule has 2 N–H and O–H groups in total. The Morgan fingerprint density at radius 1 is 1.38 bits per heavy atom. The van der Waals surface area contributed by atoms with E-state index in [0.29, 0.717) is 0 Å². The highest BCUT2D eigenvalue weighted by atomic mass is 35.5. The Labute approximate surface area is 98.0 Å². The lowest BCUT2D eigenvalue weighted by Gasteiger charge is -2.06. The van der Waals surface area contributed by atoms with E-state index < -0.39 is 17.9 Å². The SMILES string of the molecule is C=C(C)C(=O)OCCNC(=O)NC(=O)CCl. The van der Waals surface area contributed by atoms with E-state index in [-0.39, 0.29) is 24.6 Å². The monoisotopic (exact) mass is 248 g/mol. The van der Waals surface area contributed by atoms with E-state index in [9.17, 15) is 14.4 Å². The third kappa shape index (κ3) is 6.83. The summed E-state index contributed by atoms with van der Waals surface area (Å²) in [5.74, 6) is -1.42. The van der Waals surface area contributed by atoms with Crippen molar-refractivity contribution in [2.75, 3.05) is 19.0 Å². The number of halogens is 1. The highest BCUT2D eigenvalue weighted by Crippen LogP contribution is 1.90. The molecule has 7 heteroatoms. The second-order valence-electron chi connectivity index (χ2n) is 2.85. The molecule has 0 aliphatic heterocycles. The summed E-state index contributed by atoms with van der Waals surface area (Å²) in [7, 11) is 0. The molecule has 0 spiro atoms. The summed E-state index contributed by atoms with van der Waals surface area (Å²) in [6.45, 7) is 5.01. The van der Waals surface area contributed by atoms with Gasteiger partial charge in [0.15, 0.2) is 0 Å². The molecule has 0 aromatic heterocycles. The zero-order chi connectivity index (χ0) is 12.6. The molecule has 0 aromatic carbocycles. The van der Waals surface area contributed by atoms with Gasteiger partial charge in [-0.2, -0.15) is 0 Å². The van der Waals surface area contributed by atoms with Crippen LogP contribution in [-0.4, -0.2) is 36.9 Å². The zero-order valence-electron chi connectivity index (χ0n) is 8.84. The summed E-state index contributed by atoms with van der Waals surface area (Å²) in [6, 6.07) is -0.683. The number of imide groups is 1. The fraction of sp³-hybridized carbons (Fsp3) is 0.444. The summed E-state index contributed by atoms with van der Waals surface area (Å²) >= 11 is 5.16. The molecule has 0 atom stereocenters. The molecule has 0 bridgehead atoms. The molecular weight excluding hydrogens is 236 g/mol. The minimum Gasteiger partial charge on any atom is -0.460 e. The van der Waals surface area contributed by atoms with Gasteiger partial charge >= 0.3 is 12.0 Å². The van der Waals surface area contributed by atoms with Crippen molar-refractivity contribution in [3.8, 4) is 0 Å². The molecule has 0 fully saturated rings. The number of hydrogen-bond donors (Lipinski definition) is 2. The Balaban J connectivity index is 3.59. The van der Waals surface area contributed by atoms with E-state index in [2.05, 4.69) is 11.9 Å². The Morgan fingerprint density at radius 3 is 2.50 bits per heavy atom. The molecule has 0 aliphatic rings. The average molecular weight is 249 g/mol. The number of carbonyl (C=O) groups is 3. The highest BCUT2D eigenvalue weighted by molar-refractivity contribution is 6.28. The Bertz CT molecular complexity index is 304. The van der Waals surface area contributed by atoms with Gasteiger partial charge in [0.2, 0.25) is 5.91 Å². The first kappa shape index (κ1) is 14.4. The van der Waals surface area contributed by atoms with Gasteiger partial charge < -0.3 is 10.1 Å². The van der Waals surface area contributed by atoms with Crippen LogP contribution in [-0.2, 0) is 14.3 Å². The van der Waals surface area contributed by atoms with Crippen LogP contribution in [0.3, 0.4) is 0 Å². The van der Waals surface area contributed by atoms with Crippen molar-refractivity contribution in [3.63, 3.8) is 0 Å². The molecule has 0 saturated heterocycles. The largest absolute Gasteiger partial charge is 0.460 e. The minimum atomic E-state index is -0.683. The van der Waals surface area contributed by atoms with Crippen LogP contribution in [0.15, 0.2) is 12.2 Å². The number of hydrogen-bond acceptors (Lipinski definition) is 4. The lowest BCUT2D eigenvalue weighted by atomic mass is 10.4. The van der Waals surface area contributed by atoms with Crippen LogP contribution in [0, 0.1) is 0 Å². The summed E-state index contributed by atoms with van der Waals surface area (Å²) in [4.78, 5) is 32.5. The standard InChI is InChI=1S/C9H13ClN2O4/c1-6(2)8(14)16-4-3-11-9(15)12-7(13)5-10/h1,3-5H2,2H3,(H2,11,12,13,15). The number of esters is 1. The molecule has 6 nitrogen and oxygen atoms in total. The lowest BCUT2D eigenvalue weighted by molar-refractivity contribution is -0.138. The molecule has 0 heterocycles. The van der Waals surface area contributed by atoms with Crippen LogP contribution >= 0.6 is 11.6 Å². The molecule has 0 saturated carbocycles. The van der Waals surface area contributed by atoms with Gasteiger partial charge in [-0.1, -0.05) is 6.58 Å². The summed E-state index contributed by atoms with van der Waals surface area (Å²) in [6.07, 6.45) is 0. The summed E-state index contributed by atoms with van der Waals surface area (Å²) < 4.78 is 4.69. The van der Waals surface area contributed by atoms with Crippen molar-refractivity contribution in [2.45, 2.75) is 6.92 Å². The molecule has 0 radical (unpaired) electrons. The highest BCUT2D eigenvalue weighted by Gasteiger charge is 2.06. The maximum Gasteiger partial charge on any atom is 0.333 e. The van der Waals surface area contributed by atoms with Crippen LogP contribution in [0.1, 0.15) is 6.92 Å². The Hall–Kier alpha value is -1.56. The molecule has 0 aliphatic carbocycles. The first-order valence-corrected chi connectivity index (χ1v) is 4.97. The molecule has 3 amide bonds. The van der Waals surface area contributed by atoms with E-state index in [4.69, 9.17) is 16.3 Å². The van der Waals surface area contributed by atoms with E-state index >= 15 is 0 Å². The third-order valence-electron chi connectivity index (χ3n) is 1.34. The fourth-order valence-corrected chi connectivity index (χ4v) is 0.703. The number of urea groups is 1. The van der Waals surface area contributed by atoms with Crippen LogP contribution in [0.4, 0.5) is 4.79 Å². The van der Waals surface area contributed by atoms with Crippen molar-refractivity contribution in [1.29, 1.82) is 0 Å². The average Bonchev–Trinajstić information content (AvgIpc) is 2.23. The van der Waals surface area contributed by atoms with E-state index in [0.717, 1.165) is 0 Å². The molecular formula is C9H13ClN2O4. The quantitative estimate of drug-likeness (QED) is 0.314. The molecule has 90 valence electrons. The van der Waals surface area contributed by atoms with Crippen molar-refractivity contribution in [3.05, 3.63) is 12.2 Å². The second kappa shape index (κ2) is 7.70. The van der Waals surface area contributed by atoms with E-state index in [1.165, 1.54) is 6.92 Å². The van der Waals surface area contributed by atoms with Gasteiger partial charge in [0.1, 0.15) is 12.5 Å². The van der Waals surface area contributed by atoms with Gasteiger partial charge in [-0.05, 0) is 6.92 Å². The predicted molar refractivity (Wildman–Crippen MR) is 58.0 cm³/mol. The topological polar surface area (TPSA) is 84.5 Å². The maximum atomic E-state index is 10.9. The van der Waals surface area contributed by atoms with Crippen molar-refractivity contribution in [1.82, 2.24) is 10.6 Å². The second-order valence-corrected chi connectivity index (χ2v) is 3.12. The number of carbonyl (C=O) groups excluding carboxylic acids is 3. The predicted octanol–water partition coefficient (Wildman–Crippen LogP) is 0.170. The molecule has 16 heavy (non-hydrogen) atoms. The van der Waals surface area contributed by atoms with Crippen molar-refractivity contribution >= 4 is 29.5 Å². The number of alkyl halides is 1. The minimum absolute atomic E-state index is 0.00811. The van der Waals surface area contributed by atoms with Gasteiger partial charge in [0.25, 0.3) is 0 Å². The first-order chi connectivity index (χ1) is 7.47. The number of rotatable bonds is 5. The van der Waals surface area contributed by atoms with Crippen molar-refractivity contribution < 1.29 is 19.1 Å². The Kier molecular flexibility index (Phi) is 6.95.